The standard InChI is InChI=1S/C20H22ClFN2O4S/c1-13-5-6-15(22)10-18(13)23-20(25)14-4-3-9-24(12-14)29(26,27)16-7-8-19(28-2)17(21)11-16/h5-8,10-11,14H,3-4,9,12H2,1-2H3,(H,23,25)/t14-/m1/s1. The van der Waals surface area contributed by atoms with Gasteiger partial charge in [0.15, 0.2) is 0 Å². The fraction of sp³-hybridized carbons (Fsp3) is 0.350. The van der Waals surface area contributed by atoms with E-state index in [0.717, 1.165) is 5.56 Å². The molecule has 1 aliphatic heterocycles. The second-order valence-electron chi connectivity index (χ2n) is 6.95. The van der Waals surface area contributed by atoms with Crippen LogP contribution in [0, 0.1) is 18.7 Å². The number of nitrogens with one attached hydrogen (secondary N) is 1. The van der Waals surface area contributed by atoms with E-state index in [-0.39, 0.29) is 22.4 Å². The Bertz CT molecular complexity index is 1030. The highest BCUT2D eigenvalue weighted by molar-refractivity contribution is 7.89. The van der Waals surface area contributed by atoms with E-state index in [4.69, 9.17) is 16.3 Å². The van der Waals surface area contributed by atoms with Gasteiger partial charge in [0.2, 0.25) is 15.9 Å². The lowest BCUT2D eigenvalue weighted by Gasteiger charge is -2.31. The summed E-state index contributed by atoms with van der Waals surface area (Å²) in [5.41, 5.74) is 1.12. The Hall–Kier alpha value is -2.16. The largest absolute Gasteiger partial charge is 0.495 e. The van der Waals surface area contributed by atoms with Crippen molar-refractivity contribution in [2.24, 2.45) is 5.92 Å². The number of nitrogens with zero attached hydrogens (tertiary/aromatic N) is 1. The van der Waals surface area contributed by atoms with E-state index in [9.17, 15) is 17.6 Å². The number of aryl methyl sites for hydroxylation is 1. The SMILES string of the molecule is COc1ccc(S(=O)(=O)N2CCC[C@@H](C(=O)Nc3cc(F)ccc3C)C2)cc1Cl. The van der Waals surface area contributed by atoms with Crippen LogP contribution >= 0.6 is 11.6 Å². The zero-order chi connectivity index (χ0) is 21.2. The first kappa shape index (κ1) is 21.5. The predicted molar refractivity (Wildman–Crippen MR) is 109 cm³/mol. The molecule has 0 saturated carbocycles. The molecule has 1 saturated heterocycles. The molecule has 9 heteroatoms. The summed E-state index contributed by atoms with van der Waals surface area (Å²) < 4.78 is 45.8. The molecular formula is C20H22ClFN2O4S. The van der Waals surface area contributed by atoms with Gasteiger partial charge in [-0.25, -0.2) is 12.8 Å². The van der Waals surface area contributed by atoms with Gasteiger partial charge in [-0.1, -0.05) is 17.7 Å². The van der Waals surface area contributed by atoms with E-state index in [1.165, 1.54) is 41.7 Å². The van der Waals surface area contributed by atoms with Crippen LogP contribution < -0.4 is 10.1 Å². The van der Waals surface area contributed by atoms with Crippen LogP contribution in [0.2, 0.25) is 5.02 Å². The lowest BCUT2D eigenvalue weighted by atomic mass is 9.98. The van der Waals surface area contributed by atoms with Gasteiger partial charge in [-0.05, 0) is 55.7 Å². The minimum Gasteiger partial charge on any atom is -0.495 e. The van der Waals surface area contributed by atoms with Gasteiger partial charge in [0.1, 0.15) is 11.6 Å². The number of carbonyl (C=O) groups excluding carboxylic acids is 1. The number of sulfonamides is 1. The molecule has 0 bridgehead atoms. The molecule has 0 radical (unpaired) electrons. The number of hydrogen-bond donors (Lipinski definition) is 1. The van der Waals surface area contributed by atoms with Crippen molar-refractivity contribution in [1.82, 2.24) is 4.31 Å². The molecule has 1 fully saturated rings. The molecular weight excluding hydrogens is 419 g/mol. The maximum absolute atomic E-state index is 13.5. The zero-order valence-corrected chi connectivity index (χ0v) is 17.7. The minimum absolute atomic E-state index is 0.0466. The maximum Gasteiger partial charge on any atom is 0.243 e. The molecule has 1 heterocycles. The number of carbonyl (C=O) groups is 1. The highest BCUT2D eigenvalue weighted by Gasteiger charge is 2.33. The first-order chi connectivity index (χ1) is 13.7. The van der Waals surface area contributed by atoms with Crippen molar-refractivity contribution in [3.63, 3.8) is 0 Å². The molecule has 3 rings (SSSR count). The normalized spacial score (nSPS) is 17.7. The highest BCUT2D eigenvalue weighted by Crippen LogP contribution is 2.30. The number of methoxy groups -OCH3 is 1. The molecule has 6 nitrogen and oxygen atoms in total. The maximum atomic E-state index is 13.5. The minimum atomic E-state index is -3.81. The molecule has 156 valence electrons. The van der Waals surface area contributed by atoms with E-state index < -0.39 is 21.8 Å². The average Bonchev–Trinajstić information content (AvgIpc) is 2.70. The molecule has 0 aromatic heterocycles. The van der Waals surface area contributed by atoms with Gasteiger partial charge in [-0.15, -0.1) is 0 Å². The van der Waals surface area contributed by atoms with Crippen LogP contribution in [-0.4, -0.2) is 38.8 Å². The Kier molecular flexibility index (Phi) is 6.45. The van der Waals surface area contributed by atoms with Crippen LogP contribution in [0.25, 0.3) is 0 Å². The van der Waals surface area contributed by atoms with Gasteiger partial charge >= 0.3 is 0 Å². The van der Waals surface area contributed by atoms with Gasteiger partial charge in [-0.3, -0.25) is 4.79 Å². The third kappa shape index (κ3) is 4.71. The van der Waals surface area contributed by atoms with Crippen LogP contribution in [-0.2, 0) is 14.8 Å². The number of hydrogen-bond acceptors (Lipinski definition) is 4. The Morgan fingerprint density at radius 3 is 2.72 bits per heavy atom. The summed E-state index contributed by atoms with van der Waals surface area (Å²) >= 11 is 6.07. The Balaban J connectivity index is 1.76. The van der Waals surface area contributed by atoms with Crippen LogP contribution in [0.1, 0.15) is 18.4 Å². The molecule has 0 spiro atoms. The summed E-state index contributed by atoms with van der Waals surface area (Å²) in [5.74, 6) is -0.927. The van der Waals surface area contributed by atoms with Gasteiger partial charge in [0.05, 0.1) is 22.9 Å². The van der Waals surface area contributed by atoms with Crippen LogP contribution in [0.3, 0.4) is 0 Å². The zero-order valence-electron chi connectivity index (χ0n) is 16.1. The molecule has 1 amide bonds. The lowest BCUT2D eigenvalue weighted by Crippen LogP contribution is -2.43. The van der Waals surface area contributed by atoms with E-state index in [1.54, 1.807) is 13.0 Å². The van der Waals surface area contributed by atoms with Crippen molar-refractivity contribution >= 4 is 33.2 Å². The third-order valence-electron chi connectivity index (χ3n) is 4.97. The Morgan fingerprint density at radius 1 is 1.28 bits per heavy atom. The van der Waals surface area contributed by atoms with Gasteiger partial charge in [-0.2, -0.15) is 4.31 Å². The van der Waals surface area contributed by atoms with E-state index in [1.807, 2.05) is 0 Å². The van der Waals surface area contributed by atoms with Crippen molar-refractivity contribution < 1.29 is 22.3 Å². The number of rotatable bonds is 5. The second kappa shape index (κ2) is 8.69. The first-order valence-corrected chi connectivity index (χ1v) is 10.9. The summed E-state index contributed by atoms with van der Waals surface area (Å²) in [6, 6.07) is 8.42. The molecule has 0 aliphatic carbocycles. The third-order valence-corrected chi connectivity index (χ3v) is 7.13. The number of ether oxygens (including phenoxy) is 1. The first-order valence-electron chi connectivity index (χ1n) is 9.13. The highest BCUT2D eigenvalue weighted by atomic mass is 35.5. The van der Waals surface area contributed by atoms with Gasteiger partial charge < -0.3 is 10.1 Å². The van der Waals surface area contributed by atoms with Gasteiger partial charge in [0, 0.05) is 18.8 Å². The summed E-state index contributed by atoms with van der Waals surface area (Å²) in [5, 5.41) is 2.91. The lowest BCUT2D eigenvalue weighted by molar-refractivity contribution is -0.120. The second-order valence-corrected chi connectivity index (χ2v) is 9.29. The molecule has 1 aliphatic rings. The van der Waals surface area contributed by atoms with Crippen LogP contribution in [0.15, 0.2) is 41.3 Å². The summed E-state index contributed by atoms with van der Waals surface area (Å²) in [4.78, 5) is 12.7. The number of piperidine rings is 1. The number of halogens is 2. The Morgan fingerprint density at radius 2 is 2.03 bits per heavy atom. The molecule has 0 unspecified atom stereocenters. The topological polar surface area (TPSA) is 75.7 Å². The summed E-state index contributed by atoms with van der Waals surface area (Å²) in [6.45, 7) is 2.13. The molecule has 1 N–H and O–H groups in total. The molecule has 29 heavy (non-hydrogen) atoms. The summed E-state index contributed by atoms with van der Waals surface area (Å²) in [6.07, 6.45) is 1.10. The van der Waals surface area contributed by atoms with Crippen LogP contribution in [0.5, 0.6) is 5.75 Å². The molecule has 1 atom stereocenters. The van der Waals surface area contributed by atoms with Crippen molar-refractivity contribution in [3.05, 3.63) is 52.8 Å². The molecule has 2 aromatic carbocycles. The molecule has 2 aromatic rings. The van der Waals surface area contributed by atoms with Crippen LogP contribution in [0.4, 0.5) is 10.1 Å². The fourth-order valence-electron chi connectivity index (χ4n) is 3.30. The van der Waals surface area contributed by atoms with Crippen molar-refractivity contribution in [2.45, 2.75) is 24.7 Å². The van der Waals surface area contributed by atoms with E-state index in [2.05, 4.69) is 5.32 Å². The number of benzene rings is 2. The van der Waals surface area contributed by atoms with Gasteiger partial charge in [0.25, 0.3) is 0 Å². The summed E-state index contributed by atoms with van der Waals surface area (Å²) in [7, 11) is -2.36. The number of anilines is 1. The Labute approximate surface area is 174 Å². The van der Waals surface area contributed by atoms with E-state index >= 15 is 0 Å². The van der Waals surface area contributed by atoms with Crippen molar-refractivity contribution in [2.75, 3.05) is 25.5 Å². The van der Waals surface area contributed by atoms with E-state index in [0.29, 0.717) is 30.8 Å². The quantitative estimate of drug-likeness (QED) is 0.766. The fourth-order valence-corrected chi connectivity index (χ4v) is 5.17. The smallest absolute Gasteiger partial charge is 0.243 e. The number of amides is 1. The average molecular weight is 441 g/mol. The van der Waals surface area contributed by atoms with Crippen molar-refractivity contribution in [1.29, 1.82) is 0 Å². The predicted octanol–water partition coefficient (Wildman–Crippen LogP) is 3.84. The van der Waals surface area contributed by atoms with Crippen molar-refractivity contribution in [3.8, 4) is 5.75 Å². The monoisotopic (exact) mass is 440 g/mol.